The van der Waals surface area contributed by atoms with Crippen molar-refractivity contribution in [3.05, 3.63) is 29.5 Å². The molecule has 0 aliphatic heterocycles. The van der Waals surface area contributed by atoms with Crippen LogP contribution in [0.3, 0.4) is 0 Å². The van der Waals surface area contributed by atoms with E-state index < -0.39 is 11.8 Å². The summed E-state index contributed by atoms with van der Waals surface area (Å²) in [5.74, 6) is -1.89. The first-order valence-electron chi connectivity index (χ1n) is 5.63. The molecule has 1 N–H and O–H groups in total. The molecule has 0 unspecified atom stereocenters. The molecule has 19 heavy (non-hydrogen) atoms. The smallest absolute Gasteiger partial charge is 0.379 e. The van der Waals surface area contributed by atoms with Crippen molar-refractivity contribution in [3.8, 4) is 5.88 Å². The summed E-state index contributed by atoms with van der Waals surface area (Å²) in [6.07, 6.45) is 1.42. The number of nitrogens with zero attached hydrogens (tertiary/aromatic N) is 1. The van der Waals surface area contributed by atoms with Crippen LogP contribution in [0.2, 0.25) is 0 Å². The molecule has 0 radical (unpaired) electrons. The number of methoxy groups -OCH3 is 1. The van der Waals surface area contributed by atoms with Gasteiger partial charge in [0.15, 0.2) is 0 Å². The van der Waals surface area contributed by atoms with Crippen molar-refractivity contribution in [1.82, 2.24) is 4.98 Å². The van der Waals surface area contributed by atoms with Crippen LogP contribution in [0.15, 0.2) is 23.9 Å². The Morgan fingerprint density at radius 2 is 2.11 bits per heavy atom. The van der Waals surface area contributed by atoms with Crippen LogP contribution < -0.4 is 4.74 Å². The van der Waals surface area contributed by atoms with Crippen molar-refractivity contribution in [3.63, 3.8) is 0 Å². The Hall–Kier alpha value is -2.37. The van der Waals surface area contributed by atoms with Gasteiger partial charge in [0.1, 0.15) is 5.76 Å². The average molecular weight is 265 g/mol. The van der Waals surface area contributed by atoms with Gasteiger partial charge in [0, 0.05) is 23.4 Å². The zero-order valence-electron chi connectivity index (χ0n) is 11.0. The molecular formula is C13H15NO5. The molecule has 0 aromatic carbocycles. The minimum atomic E-state index is -0.993. The van der Waals surface area contributed by atoms with Gasteiger partial charge < -0.3 is 14.6 Å². The third kappa shape index (κ3) is 3.54. The molecule has 1 aromatic heterocycles. The van der Waals surface area contributed by atoms with Crippen molar-refractivity contribution in [2.45, 2.75) is 13.8 Å². The predicted octanol–water partition coefficient (Wildman–Crippen LogP) is 1.51. The maximum Gasteiger partial charge on any atom is 0.379 e. The highest BCUT2D eigenvalue weighted by Crippen LogP contribution is 2.19. The van der Waals surface area contributed by atoms with Crippen molar-refractivity contribution in [2.24, 2.45) is 0 Å². The average Bonchev–Trinajstić information content (AvgIpc) is 2.45. The summed E-state index contributed by atoms with van der Waals surface area (Å²) in [7, 11) is 1.43. The molecule has 6 heteroatoms. The second-order valence-corrected chi connectivity index (χ2v) is 3.61. The summed E-state index contributed by atoms with van der Waals surface area (Å²) in [4.78, 5) is 26.8. The Morgan fingerprint density at radius 1 is 1.42 bits per heavy atom. The summed E-state index contributed by atoms with van der Waals surface area (Å²) in [6.45, 7) is 3.04. The molecule has 1 heterocycles. The van der Waals surface area contributed by atoms with Crippen LogP contribution in [0.5, 0.6) is 5.88 Å². The van der Waals surface area contributed by atoms with Crippen LogP contribution in [0.1, 0.15) is 19.4 Å². The fraction of sp³-hybridized carbons (Fsp3) is 0.308. The molecule has 0 saturated carbocycles. The van der Waals surface area contributed by atoms with Gasteiger partial charge in [-0.25, -0.2) is 9.78 Å². The summed E-state index contributed by atoms with van der Waals surface area (Å²) < 4.78 is 9.49. The van der Waals surface area contributed by atoms with Crippen molar-refractivity contribution in [1.29, 1.82) is 0 Å². The largest absolute Gasteiger partial charge is 0.507 e. The molecule has 0 fully saturated rings. The Balaban J connectivity index is 3.07. The number of carbonyl (C=O) groups excluding carboxylic acids is 2. The number of aromatic nitrogens is 1. The minimum Gasteiger partial charge on any atom is -0.507 e. The Bertz CT molecular complexity index is 522. The van der Waals surface area contributed by atoms with E-state index >= 15 is 0 Å². The lowest BCUT2D eigenvalue weighted by Gasteiger charge is -2.06. The topological polar surface area (TPSA) is 85.7 Å². The quantitative estimate of drug-likeness (QED) is 0.376. The van der Waals surface area contributed by atoms with Gasteiger partial charge in [0.2, 0.25) is 5.88 Å². The number of pyridine rings is 1. The van der Waals surface area contributed by atoms with Crippen molar-refractivity contribution < 1.29 is 24.2 Å². The summed E-state index contributed by atoms with van der Waals surface area (Å²) >= 11 is 0. The molecule has 6 nitrogen and oxygen atoms in total. The summed E-state index contributed by atoms with van der Waals surface area (Å²) in [5.41, 5.74) is 0.244. The SMILES string of the molecule is CCOC(=O)C(=O)C(C)=C(O)c1ccnc(OC)c1. The Morgan fingerprint density at radius 3 is 2.68 bits per heavy atom. The molecule has 0 spiro atoms. The van der Waals surface area contributed by atoms with Gasteiger partial charge in [-0.15, -0.1) is 0 Å². The number of Topliss-reactive ketones (excluding diaryl/α,β-unsaturated/α-hetero) is 1. The minimum absolute atomic E-state index is 0.0910. The van der Waals surface area contributed by atoms with Gasteiger partial charge in [0.25, 0.3) is 5.78 Å². The third-order valence-corrected chi connectivity index (χ3v) is 2.37. The number of aliphatic hydroxyl groups excluding tert-OH is 1. The van der Waals surface area contributed by atoms with E-state index in [2.05, 4.69) is 9.72 Å². The van der Waals surface area contributed by atoms with Crippen LogP contribution in [0.25, 0.3) is 5.76 Å². The number of aliphatic hydroxyl groups is 1. The first kappa shape index (κ1) is 14.7. The normalized spacial score (nSPS) is 11.5. The van der Waals surface area contributed by atoms with Crippen LogP contribution >= 0.6 is 0 Å². The molecule has 0 amide bonds. The first-order valence-corrected chi connectivity index (χ1v) is 5.63. The van der Waals surface area contributed by atoms with Gasteiger partial charge in [-0.1, -0.05) is 0 Å². The number of hydrogen-bond donors (Lipinski definition) is 1. The standard InChI is InChI=1S/C13H15NO5/c1-4-19-13(17)12(16)8(2)11(15)9-5-6-14-10(7-9)18-3/h5-7,15H,4H2,1-3H3. The maximum atomic E-state index is 11.7. The van der Waals surface area contributed by atoms with Gasteiger partial charge in [-0.05, 0) is 19.9 Å². The highest BCUT2D eigenvalue weighted by Gasteiger charge is 2.21. The molecule has 0 aliphatic rings. The molecule has 1 aromatic rings. The van der Waals surface area contributed by atoms with E-state index in [1.54, 1.807) is 6.92 Å². The fourth-order valence-electron chi connectivity index (χ4n) is 1.34. The number of hydrogen-bond acceptors (Lipinski definition) is 6. The zero-order chi connectivity index (χ0) is 14.4. The number of ketones is 1. The van der Waals surface area contributed by atoms with E-state index in [0.717, 1.165) is 0 Å². The molecular weight excluding hydrogens is 250 g/mol. The van der Waals surface area contributed by atoms with Crippen LogP contribution in [-0.2, 0) is 14.3 Å². The van der Waals surface area contributed by atoms with Crippen molar-refractivity contribution in [2.75, 3.05) is 13.7 Å². The highest BCUT2D eigenvalue weighted by atomic mass is 16.5. The van der Waals surface area contributed by atoms with Gasteiger partial charge in [-0.2, -0.15) is 0 Å². The monoisotopic (exact) mass is 265 g/mol. The van der Waals surface area contributed by atoms with E-state index in [0.29, 0.717) is 11.4 Å². The number of rotatable bonds is 5. The summed E-state index contributed by atoms with van der Waals surface area (Å²) in [6, 6.07) is 2.96. The molecule has 0 aliphatic carbocycles. The van der Waals surface area contributed by atoms with Crippen molar-refractivity contribution >= 4 is 17.5 Å². The number of esters is 1. The third-order valence-electron chi connectivity index (χ3n) is 2.37. The molecule has 0 saturated heterocycles. The lowest BCUT2D eigenvalue weighted by atomic mass is 10.1. The fourth-order valence-corrected chi connectivity index (χ4v) is 1.34. The number of carbonyl (C=O) groups is 2. The van der Waals surface area contributed by atoms with Gasteiger partial charge in [-0.3, -0.25) is 4.79 Å². The lowest BCUT2D eigenvalue weighted by molar-refractivity contribution is -0.151. The van der Waals surface area contributed by atoms with E-state index in [9.17, 15) is 14.7 Å². The second kappa shape index (κ2) is 6.53. The van der Waals surface area contributed by atoms with Gasteiger partial charge in [0.05, 0.1) is 13.7 Å². The van der Waals surface area contributed by atoms with E-state index in [-0.39, 0.29) is 17.9 Å². The Labute approximate surface area is 110 Å². The lowest BCUT2D eigenvalue weighted by Crippen LogP contribution is -2.19. The molecule has 1 rings (SSSR count). The predicted molar refractivity (Wildman–Crippen MR) is 67.7 cm³/mol. The van der Waals surface area contributed by atoms with E-state index in [4.69, 9.17) is 4.74 Å². The molecule has 102 valence electrons. The van der Waals surface area contributed by atoms with E-state index in [1.165, 1.54) is 32.4 Å². The second-order valence-electron chi connectivity index (χ2n) is 3.61. The molecule has 0 atom stereocenters. The molecule has 0 bridgehead atoms. The van der Waals surface area contributed by atoms with Gasteiger partial charge >= 0.3 is 5.97 Å². The van der Waals surface area contributed by atoms with Crippen LogP contribution in [0.4, 0.5) is 0 Å². The van der Waals surface area contributed by atoms with E-state index in [1.807, 2.05) is 0 Å². The van der Waals surface area contributed by atoms with Crippen LogP contribution in [0, 0.1) is 0 Å². The highest BCUT2D eigenvalue weighted by molar-refractivity contribution is 6.41. The summed E-state index contributed by atoms with van der Waals surface area (Å²) in [5, 5.41) is 9.96. The first-order chi connectivity index (χ1) is 9.01. The number of ether oxygens (including phenoxy) is 2. The maximum absolute atomic E-state index is 11.7. The van der Waals surface area contributed by atoms with Crippen LogP contribution in [-0.4, -0.2) is 35.6 Å². The Kier molecular flexibility index (Phi) is 5.05. The zero-order valence-corrected chi connectivity index (χ0v) is 11.0.